The van der Waals surface area contributed by atoms with Crippen molar-refractivity contribution >= 4 is 5.78 Å². The van der Waals surface area contributed by atoms with Gasteiger partial charge in [-0.1, -0.05) is 75.6 Å². The van der Waals surface area contributed by atoms with Gasteiger partial charge in [-0.3, -0.25) is 4.79 Å². The van der Waals surface area contributed by atoms with E-state index in [0.29, 0.717) is 0 Å². The minimum absolute atomic E-state index is 0.0278. The molecule has 1 unspecified atom stereocenters. The zero-order valence-electron chi connectivity index (χ0n) is 19.9. The van der Waals surface area contributed by atoms with Crippen molar-refractivity contribution in [1.82, 2.24) is 0 Å². The van der Waals surface area contributed by atoms with Crippen molar-refractivity contribution in [2.75, 3.05) is 0 Å². The number of hydrogen-bond acceptors (Lipinski definition) is 1. The molecule has 0 fully saturated rings. The van der Waals surface area contributed by atoms with E-state index in [4.69, 9.17) is 0 Å². The van der Waals surface area contributed by atoms with Crippen molar-refractivity contribution in [3.63, 3.8) is 0 Å². The van der Waals surface area contributed by atoms with Gasteiger partial charge in [0, 0.05) is 22.6 Å². The fourth-order valence-electron chi connectivity index (χ4n) is 3.90. The Morgan fingerprint density at radius 3 is 2.88 bits per heavy atom. The molecule has 0 aliphatic heterocycles. The topological polar surface area (TPSA) is 17.1 Å². The highest BCUT2D eigenvalue weighted by atomic mass is 16.1. The first-order valence-corrected chi connectivity index (χ1v) is 11.5. The number of aryl methyl sites for hydroxylation is 2. The van der Waals surface area contributed by atoms with Crippen LogP contribution in [0.25, 0.3) is 0 Å². The van der Waals surface area contributed by atoms with Gasteiger partial charge in [0.1, 0.15) is 0 Å². The molecule has 1 aromatic carbocycles. The first-order valence-electron chi connectivity index (χ1n) is 11.5. The minimum atomic E-state index is 0.0278. The molecule has 0 bridgehead atoms. The van der Waals surface area contributed by atoms with Gasteiger partial charge in [-0.25, -0.2) is 0 Å². The quantitative estimate of drug-likeness (QED) is 0.176. The van der Waals surface area contributed by atoms with Gasteiger partial charge in [0.25, 0.3) is 0 Å². The van der Waals surface area contributed by atoms with Crippen LogP contribution in [0, 0.1) is 12.8 Å². The third kappa shape index (κ3) is 6.21. The molecule has 1 nitrogen and oxygen atoms in total. The maximum Gasteiger partial charge on any atom is 0.186 e. The number of ketones is 1. The highest BCUT2D eigenvalue weighted by Crippen LogP contribution is 2.29. The van der Waals surface area contributed by atoms with Crippen LogP contribution in [0.5, 0.6) is 0 Å². The lowest BCUT2D eigenvalue weighted by Crippen LogP contribution is -2.03. The molecule has 0 heterocycles. The summed E-state index contributed by atoms with van der Waals surface area (Å²) in [6.07, 6.45) is 20.9. The molecule has 2 aliphatic carbocycles. The van der Waals surface area contributed by atoms with E-state index in [1.54, 1.807) is 6.08 Å². The third-order valence-electron chi connectivity index (χ3n) is 6.00. The summed E-state index contributed by atoms with van der Waals surface area (Å²) in [4.78, 5) is 12.9. The van der Waals surface area contributed by atoms with E-state index in [2.05, 4.69) is 81.0 Å². The van der Waals surface area contributed by atoms with Crippen LogP contribution in [0.3, 0.4) is 0 Å². The van der Waals surface area contributed by atoms with E-state index in [1.807, 2.05) is 31.2 Å². The zero-order chi connectivity index (χ0) is 23.8. The van der Waals surface area contributed by atoms with E-state index in [-0.39, 0.29) is 11.7 Å². The van der Waals surface area contributed by atoms with E-state index in [9.17, 15) is 4.79 Å². The number of carbonyl (C=O) groups excluding carboxylic acids is 1. The van der Waals surface area contributed by atoms with Crippen LogP contribution in [0.4, 0.5) is 0 Å². The summed E-state index contributed by atoms with van der Waals surface area (Å²) in [5, 5.41) is 0. The standard InChI is InChI=1S/C32H32O/c1-6-26-16-14-24(4)31(21-26)32(33)19-18-28-22-29(17-15-23(28)3)30(7-2)25(5)20-27-12-10-8-9-11-13-27/h8,10-16,18-19,21-23H,2,5-6,9,20H2,1,3-4H3/b19-18+. The molecule has 0 amide bonds. The summed E-state index contributed by atoms with van der Waals surface area (Å²) >= 11 is 0. The van der Waals surface area contributed by atoms with Gasteiger partial charge in [0.05, 0.1) is 0 Å². The fraction of sp³-hybridized carbons (Fsp3) is 0.219. The predicted molar refractivity (Wildman–Crippen MR) is 140 cm³/mol. The van der Waals surface area contributed by atoms with Gasteiger partial charge in [0.2, 0.25) is 0 Å². The Kier molecular flexibility index (Phi) is 8.22. The summed E-state index contributed by atoms with van der Waals surface area (Å²) in [5.74, 6) is 0.192. The largest absolute Gasteiger partial charge is 0.289 e. The Hall–Kier alpha value is -3.63. The molecule has 1 heteroatoms. The lowest BCUT2D eigenvalue weighted by atomic mass is 9.87. The number of allylic oxidation sites excluding steroid dienone is 13. The Balaban J connectivity index is 1.81. The lowest BCUT2D eigenvalue weighted by Gasteiger charge is -2.16. The maximum absolute atomic E-state index is 12.9. The SMILES string of the molecule is C=C=C(C(=C)CC1=CC=CCC=C1)C1=C=CC(C)C(/C=C/C(=O)c2cc(CC)ccc2C)=C1. The average molecular weight is 433 g/mol. The molecule has 166 valence electrons. The molecule has 0 spiro atoms. The number of hydrogen-bond donors (Lipinski definition) is 0. The van der Waals surface area contributed by atoms with Crippen molar-refractivity contribution in [2.45, 2.75) is 40.0 Å². The van der Waals surface area contributed by atoms with Crippen LogP contribution in [-0.4, -0.2) is 5.78 Å². The Morgan fingerprint density at radius 2 is 2.12 bits per heavy atom. The summed E-state index contributed by atoms with van der Waals surface area (Å²) in [5.41, 5.74) is 14.3. The molecular formula is C32H32O. The minimum Gasteiger partial charge on any atom is -0.289 e. The normalized spacial score (nSPS) is 17.2. The van der Waals surface area contributed by atoms with Gasteiger partial charge < -0.3 is 0 Å². The van der Waals surface area contributed by atoms with Crippen LogP contribution in [0.15, 0.2) is 125 Å². The second kappa shape index (κ2) is 11.3. The Morgan fingerprint density at radius 1 is 1.30 bits per heavy atom. The third-order valence-corrected chi connectivity index (χ3v) is 6.00. The summed E-state index contributed by atoms with van der Waals surface area (Å²) < 4.78 is 0. The van der Waals surface area contributed by atoms with Gasteiger partial charge in [-0.2, -0.15) is 0 Å². The molecule has 0 radical (unpaired) electrons. The first kappa shape index (κ1) is 24.0. The second-order valence-corrected chi connectivity index (χ2v) is 8.50. The Bertz CT molecular complexity index is 1220. The van der Waals surface area contributed by atoms with Crippen LogP contribution >= 0.6 is 0 Å². The van der Waals surface area contributed by atoms with Crippen LogP contribution < -0.4 is 0 Å². The van der Waals surface area contributed by atoms with E-state index >= 15 is 0 Å². The fourth-order valence-corrected chi connectivity index (χ4v) is 3.90. The molecule has 2 aliphatic rings. The van der Waals surface area contributed by atoms with E-state index in [0.717, 1.165) is 52.7 Å². The summed E-state index contributed by atoms with van der Waals surface area (Å²) in [6, 6.07) is 6.10. The first-order chi connectivity index (χ1) is 15.9. The zero-order valence-corrected chi connectivity index (χ0v) is 19.9. The molecule has 0 saturated heterocycles. The van der Waals surface area contributed by atoms with Crippen molar-refractivity contribution in [2.24, 2.45) is 5.92 Å². The maximum atomic E-state index is 12.9. The summed E-state index contributed by atoms with van der Waals surface area (Å²) in [7, 11) is 0. The van der Waals surface area contributed by atoms with Crippen LogP contribution in [0.1, 0.15) is 48.2 Å². The van der Waals surface area contributed by atoms with E-state index in [1.165, 1.54) is 11.1 Å². The highest BCUT2D eigenvalue weighted by Gasteiger charge is 2.15. The van der Waals surface area contributed by atoms with Crippen LogP contribution in [0.2, 0.25) is 0 Å². The highest BCUT2D eigenvalue weighted by molar-refractivity contribution is 6.06. The van der Waals surface area contributed by atoms with Crippen molar-refractivity contribution in [3.05, 3.63) is 142 Å². The second-order valence-electron chi connectivity index (χ2n) is 8.50. The number of benzene rings is 1. The lowest BCUT2D eigenvalue weighted by molar-refractivity contribution is 0.104. The molecular weight excluding hydrogens is 400 g/mol. The summed E-state index contributed by atoms with van der Waals surface area (Å²) in [6.45, 7) is 14.4. The molecule has 1 atom stereocenters. The number of carbonyl (C=O) groups is 1. The Labute approximate surface area is 198 Å². The molecule has 1 aromatic rings. The predicted octanol–water partition coefficient (Wildman–Crippen LogP) is 8.05. The smallest absolute Gasteiger partial charge is 0.186 e. The van der Waals surface area contributed by atoms with Crippen molar-refractivity contribution in [3.8, 4) is 0 Å². The monoisotopic (exact) mass is 432 g/mol. The van der Waals surface area contributed by atoms with Gasteiger partial charge >= 0.3 is 0 Å². The van der Waals surface area contributed by atoms with Crippen molar-refractivity contribution < 1.29 is 4.79 Å². The number of rotatable bonds is 8. The van der Waals surface area contributed by atoms with Crippen molar-refractivity contribution in [1.29, 1.82) is 0 Å². The molecule has 3 rings (SSSR count). The van der Waals surface area contributed by atoms with Gasteiger partial charge in [0.15, 0.2) is 5.78 Å². The van der Waals surface area contributed by atoms with Gasteiger partial charge in [-0.05, 0) is 78.3 Å². The van der Waals surface area contributed by atoms with Crippen LogP contribution in [-0.2, 0) is 6.42 Å². The van der Waals surface area contributed by atoms with E-state index < -0.39 is 0 Å². The molecule has 0 N–H and O–H groups in total. The molecule has 0 saturated carbocycles. The van der Waals surface area contributed by atoms with Gasteiger partial charge in [-0.15, -0.1) is 11.5 Å². The molecule has 0 aromatic heterocycles. The molecule has 33 heavy (non-hydrogen) atoms. The average Bonchev–Trinajstić information content (AvgIpc) is 3.08.